The second-order valence-corrected chi connectivity index (χ2v) is 6.10. The van der Waals surface area contributed by atoms with Crippen LogP contribution in [0, 0.1) is 0 Å². The molecule has 90 valence electrons. The van der Waals surface area contributed by atoms with Crippen molar-refractivity contribution >= 4 is 27.3 Å². The van der Waals surface area contributed by atoms with Crippen molar-refractivity contribution in [1.82, 2.24) is 4.98 Å². The zero-order chi connectivity index (χ0) is 12.4. The van der Waals surface area contributed by atoms with E-state index < -0.39 is 0 Å². The Morgan fingerprint density at radius 1 is 1.35 bits per heavy atom. The van der Waals surface area contributed by atoms with Crippen LogP contribution in [0.3, 0.4) is 0 Å². The lowest BCUT2D eigenvalue weighted by atomic mass is 10.1. The molecule has 2 rings (SSSR count). The summed E-state index contributed by atoms with van der Waals surface area (Å²) in [7, 11) is 0. The Morgan fingerprint density at radius 3 is 2.59 bits per heavy atom. The third kappa shape index (κ3) is 2.59. The topological polar surface area (TPSA) is 38.9 Å². The maximum absolute atomic E-state index is 5.78. The summed E-state index contributed by atoms with van der Waals surface area (Å²) in [4.78, 5) is 5.91. The van der Waals surface area contributed by atoms with Crippen LogP contribution in [-0.2, 0) is 6.54 Å². The molecule has 17 heavy (non-hydrogen) atoms. The van der Waals surface area contributed by atoms with Crippen LogP contribution in [0.5, 0.6) is 0 Å². The van der Waals surface area contributed by atoms with Gasteiger partial charge in [-0.1, -0.05) is 48.0 Å². The summed E-state index contributed by atoms with van der Waals surface area (Å²) in [6, 6.07) is 8.15. The van der Waals surface area contributed by atoms with E-state index in [0.717, 1.165) is 20.7 Å². The summed E-state index contributed by atoms with van der Waals surface area (Å²) in [6.45, 7) is 4.87. The highest BCUT2D eigenvalue weighted by atomic mass is 79.9. The molecule has 0 aliphatic rings. The van der Waals surface area contributed by atoms with Crippen molar-refractivity contribution in [3.8, 4) is 10.6 Å². The largest absolute Gasteiger partial charge is 0.326 e. The van der Waals surface area contributed by atoms with Gasteiger partial charge in [0, 0.05) is 21.5 Å². The lowest BCUT2D eigenvalue weighted by Gasteiger charge is -2.02. The van der Waals surface area contributed by atoms with Gasteiger partial charge in [0.2, 0.25) is 0 Å². The zero-order valence-electron chi connectivity index (χ0n) is 9.90. The van der Waals surface area contributed by atoms with Crippen LogP contribution in [0.15, 0.2) is 28.7 Å². The van der Waals surface area contributed by atoms with E-state index in [1.54, 1.807) is 11.3 Å². The molecule has 0 bridgehead atoms. The molecule has 2 aromatic rings. The van der Waals surface area contributed by atoms with Crippen LogP contribution >= 0.6 is 27.3 Å². The molecule has 0 atom stereocenters. The third-order valence-corrected chi connectivity index (χ3v) is 4.38. The summed E-state index contributed by atoms with van der Waals surface area (Å²) in [6.07, 6.45) is 0. The first kappa shape index (κ1) is 12.7. The van der Waals surface area contributed by atoms with E-state index in [2.05, 4.69) is 35.8 Å². The van der Waals surface area contributed by atoms with Crippen LogP contribution in [0.4, 0.5) is 0 Å². The molecule has 0 spiro atoms. The Balaban J connectivity index is 2.51. The molecular formula is C13H15BrN2S. The van der Waals surface area contributed by atoms with Crippen molar-refractivity contribution in [2.24, 2.45) is 5.73 Å². The number of benzene rings is 1. The number of rotatable bonds is 3. The van der Waals surface area contributed by atoms with Crippen molar-refractivity contribution in [3.63, 3.8) is 0 Å². The lowest BCUT2D eigenvalue weighted by molar-refractivity contribution is 0.814. The van der Waals surface area contributed by atoms with E-state index in [1.807, 2.05) is 18.2 Å². The molecule has 4 heteroatoms. The first-order valence-electron chi connectivity index (χ1n) is 5.58. The Bertz CT molecular complexity index is 520. The average molecular weight is 311 g/mol. The molecule has 1 heterocycles. The predicted molar refractivity (Wildman–Crippen MR) is 77.2 cm³/mol. The minimum absolute atomic E-state index is 0.418. The Hall–Kier alpha value is -0.710. The smallest absolute Gasteiger partial charge is 0.125 e. The fraction of sp³-hybridized carbons (Fsp3) is 0.308. The molecule has 0 radical (unpaired) electrons. The number of nitrogens with zero attached hydrogens (tertiary/aromatic N) is 1. The standard InChI is InChI=1S/C13H15BrN2S/c1-8(2)12-11(7-15)17-13(16-12)9-5-3-4-6-10(9)14/h3-6,8H,7,15H2,1-2H3. The summed E-state index contributed by atoms with van der Waals surface area (Å²) in [5.41, 5.74) is 8.04. The lowest BCUT2D eigenvalue weighted by Crippen LogP contribution is -1.99. The Morgan fingerprint density at radius 2 is 2.06 bits per heavy atom. The molecule has 1 aromatic carbocycles. The maximum atomic E-state index is 5.78. The van der Waals surface area contributed by atoms with Crippen LogP contribution < -0.4 is 5.73 Å². The fourth-order valence-corrected chi connectivity index (χ4v) is 3.45. The molecule has 2 nitrogen and oxygen atoms in total. The van der Waals surface area contributed by atoms with Gasteiger partial charge in [-0.15, -0.1) is 11.3 Å². The number of hydrogen-bond acceptors (Lipinski definition) is 3. The number of thiazole rings is 1. The highest BCUT2D eigenvalue weighted by Crippen LogP contribution is 2.34. The monoisotopic (exact) mass is 310 g/mol. The molecule has 0 amide bonds. The quantitative estimate of drug-likeness (QED) is 0.924. The van der Waals surface area contributed by atoms with Gasteiger partial charge >= 0.3 is 0 Å². The zero-order valence-corrected chi connectivity index (χ0v) is 12.3. The van der Waals surface area contributed by atoms with Gasteiger partial charge in [0.25, 0.3) is 0 Å². The summed E-state index contributed by atoms with van der Waals surface area (Å²) in [5.74, 6) is 0.418. The SMILES string of the molecule is CC(C)c1nc(-c2ccccc2Br)sc1CN. The van der Waals surface area contributed by atoms with Gasteiger partial charge in [-0.25, -0.2) is 4.98 Å². The van der Waals surface area contributed by atoms with E-state index in [1.165, 1.54) is 4.88 Å². The molecule has 2 N–H and O–H groups in total. The van der Waals surface area contributed by atoms with E-state index in [0.29, 0.717) is 12.5 Å². The van der Waals surface area contributed by atoms with E-state index in [9.17, 15) is 0 Å². The number of aromatic nitrogens is 1. The third-order valence-electron chi connectivity index (χ3n) is 2.56. The van der Waals surface area contributed by atoms with E-state index >= 15 is 0 Å². The van der Waals surface area contributed by atoms with Gasteiger partial charge in [0.15, 0.2) is 0 Å². The van der Waals surface area contributed by atoms with Gasteiger partial charge in [-0.3, -0.25) is 0 Å². The molecule has 1 aromatic heterocycles. The van der Waals surface area contributed by atoms with Gasteiger partial charge in [-0.05, 0) is 12.0 Å². The van der Waals surface area contributed by atoms with E-state index in [-0.39, 0.29) is 0 Å². The van der Waals surface area contributed by atoms with Gasteiger partial charge in [0.1, 0.15) is 5.01 Å². The number of hydrogen-bond donors (Lipinski definition) is 1. The highest BCUT2D eigenvalue weighted by molar-refractivity contribution is 9.10. The summed E-state index contributed by atoms with van der Waals surface area (Å²) < 4.78 is 1.08. The van der Waals surface area contributed by atoms with Crippen LogP contribution in [-0.4, -0.2) is 4.98 Å². The molecule has 0 aliphatic heterocycles. The van der Waals surface area contributed by atoms with Crippen LogP contribution in [0.25, 0.3) is 10.6 Å². The highest BCUT2D eigenvalue weighted by Gasteiger charge is 2.15. The van der Waals surface area contributed by atoms with Crippen molar-refractivity contribution < 1.29 is 0 Å². The fourth-order valence-electron chi connectivity index (χ4n) is 1.71. The Labute approximate surface area is 114 Å². The molecule has 0 aliphatic carbocycles. The van der Waals surface area contributed by atoms with Gasteiger partial charge in [0.05, 0.1) is 5.69 Å². The first-order chi connectivity index (χ1) is 8.13. The average Bonchev–Trinajstić information content (AvgIpc) is 2.73. The molecular weight excluding hydrogens is 296 g/mol. The second kappa shape index (κ2) is 5.29. The predicted octanol–water partition coefficient (Wildman–Crippen LogP) is 4.15. The van der Waals surface area contributed by atoms with E-state index in [4.69, 9.17) is 10.7 Å². The maximum Gasteiger partial charge on any atom is 0.125 e. The van der Waals surface area contributed by atoms with Crippen LogP contribution in [0.1, 0.15) is 30.3 Å². The van der Waals surface area contributed by atoms with Gasteiger partial charge in [-0.2, -0.15) is 0 Å². The van der Waals surface area contributed by atoms with Crippen LogP contribution in [0.2, 0.25) is 0 Å². The minimum Gasteiger partial charge on any atom is -0.326 e. The van der Waals surface area contributed by atoms with Gasteiger partial charge < -0.3 is 5.73 Å². The first-order valence-corrected chi connectivity index (χ1v) is 7.19. The normalized spacial score (nSPS) is 11.1. The Kier molecular flexibility index (Phi) is 3.97. The van der Waals surface area contributed by atoms with Crippen molar-refractivity contribution in [1.29, 1.82) is 0 Å². The second-order valence-electron chi connectivity index (χ2n) is 4.17. The number of halogens is 1. The molecule has 0 fully saturated rings. The van der Waals surface area contributed by atoms with Crippen molar-refractivity contribution in [3.05, 3.63) is 39.3 Å². The number of nitrogens with two attached hydrogens (primary N) is 1. The van der Waals surface area contributed by atoms with Crippen molar-refractivity contribution in [2.75, 3.05) is 0 Å². The molecule has 0 unspecified atom stereocenters. The minimum atomic E-state index is 0.418. The molecule has 0 saturated carbocycles. The molecule has 0 saturated heterocycles. The van der Waals surface area contributed by atoms with Crippen molar-refractivity contribution in [2.45, 2.75) is 26.3 Å². The summed E-state index contributed by atoms with van der Waals surface area (Å²) >= 11 is 5.25. The summed E-state index contributed by atoms with van der Waals surface area (Å²) in [5, 5.41) is 1.04.